The minimum absolute atomic E-state index is 0. The van der Waals surface area contributed by atoms with Crippen molar-refractivity contribution >= 4 is 58.3 Å². The molecule has 0 atom stereocenters. The second-order valence-electron chi connectivity index (χ2n) is 8.00. The van der Waals surface area contributed by atoms with Crippen LogP contribution in [0.4, 0.5) is 0 Å². The number of furan rings is 2. The molecule has 37 heavy (non-hydrogen) atoms. The van der Waals surface area contributed by atoms with Crippen LogP contribution >= 0.6 is 24.4 Å². The van der Waals surface area contributed by atoms with E-state index < -0.39 is 0 Å². The van der Waals surface area contributed by atoms with Gasteiger partial charge in [-0.25, -0.2) is 0 Å². The topological polar surface area (TPSA) is 32.8 Å². The summed E-state index contributed by atoms with van der Waals surface area (Å²) in [7, 11) is 0. The zero-order valence-corrected chi connectivity index (χ0v) is 26.8. The molecule has 0 amide bonds. The molecule has 0 fully saturated rings. The Balaban J connectivity index is 0.000000253. The molecule has 0 saturated heterocycles. The molecule has 188 valence electrons. The van der Waals surface area contributed by atoms with Crippen LogP contribution in [0.25, 0.3) is 0 Å². The van der Waals surface area contributed by atoms with Gasteiger partial charge in [0.2, 0.25) is 0 Å². The molecule has 0 N–H and O–H groups in total. The third-order valence-corrected chi connectivity index (χ3v) is 6.43. The average Bonchev–Trinajstić information content (AvgIpc) is 3.60. The number of hydrogen-bond acceptors (Lipinski definition) is 6. The van der Waals surface area contributed by atoms with Crippen molar-refractivity contribution in [2.45, 2.75) is 25.9 Å². The Morgan fingerprint density at radius 3 is 1.27 bits per heavy atom. The summed E-state index contributed by atoms with van der Waals surface area (Å²) in [6.45, 7) is 2.91. The van der Waals surface area contributed by atoms with Crippen molar-refractivity contribution < 1.29 is 28.3 Å². The largest absolute Gasteiger partial charge is 2.00 e. The Kier molecular flexibility index (Phi) is 14.6. The Bertz CT molecular complexity index is 1060. The van der Waals surface area contributed by atoms with E-state index in [0.29, 0.717) is 21.7 Å². The number of benzene rings is 2. The van der Waals surface area contributed by atoms with E-state index in [1.165, 1.54) is 11.1 Å². The van der Waals surface area contributed by atoms with Crippen LogP contribution in [-0.2, 0) is 70.7 Å². The van der Waals surface area contributed by atoms with E-state index in [1.54, 1.807) is 12.5 Å². The molecular formula is C28H28N2O2S4Zn. The van der Waals surface area contributed by atoms with Gasteiger partial charge in [0.05, 0.1) is 25.6 Å². The van der Waals surface area contributed by atoms with Gasteiger partial charge < -0.3 is 68.3 Å². The fraction of sp³-hybridized carbons (Fsp3) is 0.214. The first-order chi connectivity index (χ1) is 17.5. The summed E-state index contributed by atoms with van der Waals surface area (Å²) >= 11 is 20.4. The van der Waals surface area contributed by atoms with Crippen molar-refractivity contribution in [3.8, 4) is 0 Å². The number of nitrogens with zero attached hydrogens (tertiary/aromatic N) is 2. The summed E-state index contributed by atoms with van der Waals surface area (Å²) in [6.07, 6.45) is 5.19. The minimum atomic E-state index is 0. The molecule has 0 spiro atoms. The predicted molar refractivity (Wildman–Crippen MR) is 158 cm³/mol. The maximum absolute atomic E-state index is 5.32. The molecule has 2 heterocycles. The van der Waals surface area contributed by atoms with Crippen LogP contribution in [0.5, 0.6) is 0 Å². The molecule has 9 heteroatoms. The molecule has 4 aromatic rings. The molecule has 2 aromatic carbocycles. The van der Waals surface area contributed by atoms with E-state index in [2.05, 4.69) is 24.3 Å². The van der Waals surface area contributed by atoms with Gasteiger partial charge in [-0.2, -0.15) is 0 Å². The Morgan fingerprint density at radius 1 is 0.595 bits per heavy atom. The first kappa shape index (κ1) is 31.1. The molecule has 0 radical (unpaired) electrons. The monoisotopic (exact) mass is 616 g/mol. The van der Waals surface area contributed by atoms with Crippen molar-refractivity contribution in [3.63, 3.8) is 0 Å². The van der Waals surface area contributed by atoms with E-state index in [-0.39, 0.29) is 19.5 Å². The molecule has 4 rings (SSSR count). The number of hydrogen-bond donors (Lipinski definition) is 0. The van der Waals surface area contributed by atoms with Crippen molar-refractivity contribution in [1.29, 1.82) is 0 Å². The maximum Gasteiger partial charge on any atom is 2.00 e. The molecule has 4 nitrogen and oxygen atoms in total. The molecule has 0 aliphatic carbocycles. The van der Waals surface area contributed by atoms with E-state index in [0.717, 1.165) is 37.5 Å². The van der Waals surface area contributed by atoms with E-state index >= 15 is 0 Å². The van der Waals surface area contributed by atoms with Gasteiger partial charge in [0.1, 0.15) is 11.5 Å². The first-order valence-electron chi connectivity index (χ1n) is 11.6. The zero-order chi connectivity index (χ0) is 25.6. The summed E-state index contributed by atoms with van der Waals surface area (Å²) < 4.78 is 11.6. The third-order valence-electron chi connectivity index (χ3n) is 5.40. The molecule has 0 saturated carbocycles. The van der Waals surface area contributed by atoms with Gasteiger partial charge in [0.25, 0.3) is 0 Å². The third kappa shape index (κ3) is 11.8. The standard InChI is InChI=1S/2C14H15NOS2.Zn/c2*17-14(18)15(11-13-7-4-10-16-13)9-8-12-5-2-1-3-6-12;/h2*1-7,10H,8-9,11H2,(H,17,18);/q;;+2/p-2. The maximum atomic E-state index is 5.32. The van der Waals surface area contributed by atoms with Crippen molar-refractivity contribution in [3.05, 3.63) is 120 Å². The molecule has 2 aromatic heterocycles. The first-order valence-corrected chi connectivity index (χ1v) is 13.2. The summed E-state index contributed by atoms with van der Waals surface area (Å²) in [5.74, 6) is 1.77. The molecular weight excluding hydrogens is 590 g/mol. The van der Waals surface area contributed by atoms with Gasteiger partial charge >= 0.3 is 19.5 Å². The van der Waals surface area contributed by atoms with E-state index in [4.69, 9.17) is 58.5 Å². The minimum Gasteiger partial charge on any atom is -0.467 e. The Morgan fingerprint density at radius 2 is 0.973 bits per heavy atom. The summed E-state index contributed by atoms with van der Waals surface area (Å²) in [4.78, 5) is 3.97. The molecule has 0 aliphatic heterocycles. The van der Waals surface area contributed by atoms with Crippen molar-refractivity contribution in [1.82, 2.24) is 9.80 Å². The fourth-order valence-corrected chi connectivity index (χ4v) is 4.09. The second kappa shape index (κ2) is 17.4. The zero-order valence-electron chi connectivity index (χ0n) is 20.5. The molecule has 0 aliphatic rings. The predicted octanol–water partition coefficient (Wildman–Crippen LogP) is 6.31. The summed E-state index contributed by atoms with van der Waals surface area (Å²) in [5.41, 5.74) is 2.57. The van der Waals surface area contributed by atoms with Crippen LogP contribution in [0, 0.1) is 0 Å². The second-order valence-corrected chi connectivity index (χ2v) is 10.1. The smallest absolute Gasteiger partial charge is 0.467 e. The van der Waals surface area contributed by atoms with Gasteiger partial charge in [0, 0.05) is 13.1 Å². The van der Waals surface area contributed by atoms with Crippen LogP contribution in [0.2, 0.25) is 0 Å². The van der Waals surface area contributed by atoms with Gasteiger partial charge in [-0.3, -0.25) is 0 Å². The summed E-state index contributed by atoms with van der Waals surface area (Å²) in [5, 5.41) is 0. The number of thiocarbonyl (C=S) groups is 2. The molecule has 0 unspecified atom stereocenters. The number of rotatable bonds is 10. The van der Waals surface area contributed by atoms with Crippen LogP contribution in [0.1, 0.15) is 22.6 Å². The van der Waals surface area contributed by atoms with E-state index in [1.807, 2.05) is 70.5 Å². The van der Waals surface area contributed by atoms with Gasteiger partial charge in [-0.05, 0) is 48.2 Å². The Labute approximate surface area is 254 Å². The van der Waals surface area contributed by atoms with Crippen LogP contribution < -0.4 is 0 Å². The van der Waals surface area contributed by atoms with Crippen molar-refractivity contribution in [2.75, 3.05) is 13.1 Å². The van der Waals surface area contributed by atoms with Crippen LogP contribution in [0.15, 0.2) is 106 Å². The summed E-state index contributed by atoms with van der Waals surface area (Å²) in [6, 6.07) is 28.2. The average molecular weight is 618 g/mol. The quantitative estimate of drug-likeness (QED) is 0.116. The normalized spacial score (nSPS) is 9.95. The van der Waals surface area contributed by atoms with Gasteiger partial charge in [-0.1, -0.05) is 69.3 Å². The van der Waals surface area contributed by atoms with Crippen LogP contribution in [-0.4, -0.2) is 31.5 Å². The van der Waals surface area contributed by atoms with Crippen molar-refractivity contribution in [2.24, 2.45) is 0 Å². The molecule has 0 bridgehead atoms. The fourth-order valence-electron chi connectivity index (χ4n) is 3.47. The SMILES string of the molecule is S=C([S-])N(CCc1ccccc1)Cc1ccco1.S=C([S-])N(CCc1ccccc1)Cc1ccco1.[Zn+2]. The van der Waals surface area contributed by atoms with Crippen LogP contribution in [0.3, 0.4) is 0 Å². The van der Waals surface area contributed by atoms with Gasteiger partial charge in [0.15, 0.2) is 0 Å². The van der Waals surface area contributed by atoms with E-state index in [9.17, 15) is 0 Å². The Hall–Kier alpha value is -2.16. The van der Waals surface area contributed by atoms with Gasteiger partial charge in [-0.15, -0.1) is 0 Å².